The average Bonchev–Trinajstić information content (AvgIpc) is 2.50. The molecule has 1 aromatic carbocycles. The van der Waals surface area contributed by atoms with Crippen molar-refractivity contribution in [3.05, 3.63) is 59.4 Å². The van der Waals surface area contributed by atoms with Crippen molar-refractivity contribution in [2.45, 2.75) is 19.4 Å². The lowest BCUT2D eigenvalue weighted by Crippen LogP contribution is -2.41. The fraction of sp³-hybridized carbons (Fsp3) is 0.250. The van der Waals surface area contributed by atoms with E-state index in [1.54, 1.807) is 62.5 Å². The number of nitrogens with zero attached hydrogens (tertiary/aromatic N) is 1. The quantitative estimate of drug-likeness (QED) is 0.792. The largest absolute Gasteiger partial charge is 0.469 e. The zero-order valence-corrected chi connectivity index (χ0v) is 12.6. The third kappa shape index (κ3) is 3.52. The smallest absolute Gasteiger partial charge is 0.356 e. The van der Waals surface area contributed by atoms with Gasteiger partial charge in [-0.05, 0) is 50.2 Å². The van der Waals surface area contributed by atoms with Crippen LogP contribution in [-0.4, -0.2) is 17.6 Å². The number of carbonyl (C=O) groups excluding carboxylic acids is 1. The predicted octanol–water partition coefficient (Wildman–Crippen LogP) is 3.59. The molecule has 2 aromatic rings. The average molecular weight is 306 g/mol. The molecule has 1 heterocycles. The van der Waals surface area contributed by atoms with Gasteiger partial charge in [-0.3, -0.25) is 4.98 Å². The van der Waals surface area contributed by atoms with Crippen molar-refractivity contribution in [2.24, 2.45) is 0 Å². The summed E-state index contributed by atoms with van der Waals surface area (Å²) < 4.78 is 11.0. The Morgan fingerprint density at radius 2 is 1.95 bits per heavy atom. The highest BCUT2D eigenvalue weighted by Gasteiger charge is 2.40. The second kappa shape index (κ2) is 6.59. The van der Waals surface area contributed by atoms with Crippen molar-refractivity contribution in [3.8, 4) is 5.75 Å². The summed E-state index contributed by atoms with van der Waals surface area (Å²) in [5, 5.41) is 0.595. The van der Waals surface area contributed by atoms with E-state index in [1.165, 1.54) is 0 Å². The van der Waals surface area contributed by atoms with E-state index in [0.29, 0.717) is 16.5 Å². The van der Waals surface area contributed by atoms with Gasteiger partial charge in [-0.25, -0.2) is 4.79 Å². The first-order valence-electron chi connectivity index (χ1n) is 6.59. The molecule has 0 spiro atoms. The van der Waals surface area contributed by atoms with E-state index in [9.17, 15) is 4.79 Å². The number of benzene rings is 1. The van der Waals surface area contributed by atoms with Crippen LogP contribution in [0.15, 0.2) is 48.7 Å². The lowest BCUT2D eigenvalue weighted by molar-refractivity contribution is -0.161. The Morgan fingerprint density at radius 1 is 1.24 bits per heavy atom. The molecule has 1 atom stereocenters. The van der Waals surface area contributed by atoms with Gasteiger partial charge < -0.3 is 9.47 Å². The molecule has 21 heavy (non-hydrogen) atoms. The van der Waals surface area contributed by atoms with Crippen LogP contribution < -0.4 is 4.74 Å². The highest BCUT2D eigenvalue weighted by molar-refractivity contribution is 6.30. The first-order chi connectivity index (χ1) is 10.1. The van der Waals surface area contributed by atoms with Crippen molar-refractivity contribution >= 4 is 17.6 Å². The Morgan fingerprint density at radius 3 is 2.52 bits per heavy atom. The molecule has 4 nitrogen and oxygen atoms in total. The number of ether oxygens (including phenoxy) is 2. The Kier molecular flexibility index (Phi) is 4.81. The fourth-order valence-corrected chi connectivity index (χ4v) is 1.98. The van der Waals surface area contributed by atoms with Crippen LogP contribution in [0.5, 0.6) is 5.75 Å². The summed E-state index contributed by atoms with van der Waals surface area (Å²) in [6.07, 6.45) is 1.61. The van der Waals surface area contributed by atoms with Crippen LogP contribution in [0, 0.1) is 0 Å². The minimum absolute atomic E-state index is 0.269. The molecule has 0 bridgehead atoms. The molecule has 0 fully saturated rings. The van der Waals surface area contributed by atoms with Gasteiger partial charge in [-0.2, -0.15) is 0 Å². The predicted molar refractivity (Wildman–Crippen MR) is 80.3 cm³/mol. The van der Waals surface area contributed by atoms with Crippen molar-refractivity contribution < 1.29 is 14.3 Å². The van der Waals surface area contributed by atoms with Crippen LogP contribution in [0.1, 0.15) is 19.5 Å². The summed E-state index contributed by atoms with van der Waals surface area (Å²) in [5.41, 5.74) is -0.830. The van der Waals surface area contributed by atoms with Crippen molar-refractivity contribution in [2.75, 3.05) is 6.61 Å². The Bertz CT molecular complexity index is 601. The van der Waals surface area contributed by atoms with Gasteiger partial charge in [0.15, 0.2) is 0 Å². The van der Waals surface area contributed by atoms with Crippen molar-refractivity contribution in [1.29, 1.82) is 0 Å². The fourth-order valence-electron chi connectivity index (χ4n) is 1.85. The van der Waals surface area contributed by atoms with Crippen LogP contribution in [-0.2, 0) is 15.1 Å². The summed E-state index contributed by atoms with van der Waals surface area (Å²) in [4.78, 5) is 16.5. The molecule has 5 heteroatoms. The second-order valence-electron chi connectivity index (χ2n) is 4.52. The van der Waals surface area contributed by atoms with Crippen LogP contribution in [0.4, 0.5) is 0 Å². The van der Waals surface area contributed by atoms with Gasteiger partial charge >= 0.3 is 5.97 Å². The first-order valence-corrected chi connectivity index (χ1v) is 6.97. The number of aromatic nitrogens is 1. The van der Waals surface area contributed by atoms with Crippen LogP contribution in [0.2, 0.25) is 5.02 Å². The van der Waals surface area contributed by atoms with Gasteiger partial charge in [0.2, 0.25) is 5.60 Å². The number of esters is 1. The molecular formula is C16H16ClNO3. The van der Waals surface area contributed by atoms with E-state index in [0.717, 1.165) is 0 Å². The molecular weight excluding hydrogens is 290 g/mol. The molecule has 0 aliphatic carbocycles. The summed E-state index contributed by atoms with van der Waals surface area (Å²) >= 11 is 5.85. The first kappa shape index (κ1) is 15.3. The standard InChI is InChI=1S/C16H16ClNO3/c1-3-20-15(19)16(2,14-6-4-5-11-18-14)21-13-9-7-12(17)8-10-13/h4-11H,3H2,1-2H3. The number of halogens is 1. The maximum absolute atomic E-state index is 12.3. The van der Waals surface area contributed by atoms with Crippen molar-refractivity contribution in [3.63, 3.8) is 0 Å². The number of carbonyl (C=O) groups is 1. The Hall–Kier alpha value is -2.07. The van der Waals surface area contributed by atoms with Gasteiger partial charge in [-0.15, -0.1) is 0 Å². The molecule has 2 rings (SSSR count). The number of hydrogen-bond acceptors (Lipinski definition) is 4. The monoisotopic (exact) mass is 305 g/mol. The maximum Gasteiger partial charge on any atom is 0.356 e. The molecule has 0 amide bonds. The van der Waals surface area contributed by atoms with E-state index in [-0.39, 0.29) is 6.61 Å². The lowest BCUT2D eigenvalue weighted by Gasteiger charge is -2.27. The van der Waals surface area contributed by atoms with Gasteiger partial charge in [0, 0.05) is 11.2 Å². The van der Waals surface area contributed by atoms with Crippen LogP contribution in [0.25, 0.3) is 0 Å². The third-order valence-electron chi connectivity index (χ3n) is 2.95. The highest BCUT2D eigenvalue weighted by atomic mass is 35.5. The summed E-state index contributed by atoms with van der Waals surface area (Å²) in [7, 11) is 0. The number of rotatable bonds is 5. The topological polar surface area (TPSA) is 48.4 Å². The number of hydrogen-bond donors (Lipinski definition) is 0. The zero-order valence-electron chi connectivity index (χ0n) is 11.9. The van der Waals surface area contributed by atoms with Crippen molar-refractivity contribution in [1.82, 2.24) is 4.98 Å². The van der Waals surface area contributed by atoms with E-state index in [4.69, 9.17) is 21.1 Å². The molecule has 0 N–H and O–H groups in total. The zero-order chi connectivity index (χ0) is 15.3. The SMILES string of the molecule is CCOC(=O)C(C)(Oc1ccc(Cl)cc1)c1ccccn1. The summed E-state index contributed by atoms with van der Waals surface area (Å²) in [5.74, 6) is 0.0271. The Balaban J connectivity index is 2.36. The van der Waals surface area contributed by atoms with Gasteiger partial charge in [0.1, 0.15) is 5.75 Å². The van der Waals surface area contributed by atoms with E-state index in [2.05, 4.69) is 4.98 Å². The van der Waals surface area contributed by atoms with E-state index in [1.807, 2.05) is 0 Å². The maximum atomic E-state index is 12.3. The number of pyridine rings is 1. The minimum Gasteiger partial charge on any atom is -0.469 e. The summed E-state index contributed by atoms with van der Waals surface area (Å²) in [6, 6.07) is 12.1. The second-order valence-corrected chi connectivity index (χ2v) is 4.96. The van der Waals surface area contributed by atoms with E-state index >= 15 is 0 Å². The van der Waals surface area contributed by atoms with Crippen LogP contribution in [0.3, 0.4) is 0 Å². The molecule has 0 aliphatic heterocycles. The highest BCUT2D eigenvalue weighted by Crippen LogP contribution is 2.29. The molecule has 0 radical (unpaired) electrons. The van der Waals surface area contributed by atoms with Crippen LogP contribution >= 0.6 is 11.6 Å². The molecule has 0 aliphatic rings. The van der Waals surface area contributed by atoms with E-state index < -0.39 is 11.6 Å². The molecule has 1 aromatic heterocycles. The lowest BCUT2D eigenvalue weighted by atomic mass is 10.0. The third-order valence-corrected chi connectivity index (χ3v) is 3.21. The van der Waals surface area contributed by atoms with Gasteiger partial charge in [-0.1, -0.05) is 17.7 Å². The normalized spacial score (nSPS) is 13.3. The Labute approximate surface area is 128 Å². The molecule has 1 unspecified atom stereocenters. The summed E-state index contributed by atoms with van der Waals surface area (Å²) in [6.45, 7) is 3.66. The minimum atomic E-state index is -1.31. The molecule has 110 valence electrons. The van der Waals surface area contributed by atoms with Gasteiger partial charge in [0.25, 0.3) is 0 Å². The molecule has 0 saturated heterocycles. The molecule has 0 saturated carbocycles. The van der Waals surface area contributed by atoms with Gasteiger partial charge in [0.05, 0.1) is 12.3 Å².